The second-order valence-electron chi connectivity index (χ2n) is 3.00. The second-order valence-corrected chi connectivity index (χ2v) is 3.86. The highest BCUT2D eigenvalue weighted by Crippen LogP contribution is 2.37. The predicted molar refractivity (Wildman–Crippen MR) is 60.9 cm³/mol. The van der Waals surface area contributed by atoms with Crippen molar-refractivity contribution in [2.75, 3.05) is 14.2 Å². The fourth-order valence-corrected chi connectivity index (χ4v) is 2.06. The summed E-state index contributed by atoms with van der Waals surface area (Å²) in [6.45, 7) is 1.84. The predicted octanol–water partition coefficient (Wildman–Crippen LogP) is 2.42. The van der Waals surface area contributed by atoms with E-state index in [1.807, 2.05) is 13.0 Å². The van der Waals surface area contributed by atoms with Crippen LogP contribution < -0.4 is 15.4 Å². The molecule has 0 amide bonds. The molecule has 0 aromatic heterocycles. The summed E-state index contributed by atoms with van der Waals surface area (Å²) >= 11 is 3.43. The molecule has 15 heavy (non-hydrogen) atoms. The van der Waals surface area contributed by atoms with Crippen molar-refractivity contribution in [3.63, 3.8) is 0 Å². The molecular weight excluding hydrogens is 262 g/mol. The molecule has 0 spiro atoms. The minimum atomic E-state index is -0.250. The number of hydrogen-bond donors (Lipinski definition) is 1. The Morgan fingerprint density at radius 1 is 1.27 bits per heavy atom. The number of benzene rings is 1. The van der Waals surface area contributed by atoms with Crippen LogP contribution in [0, 0.1) is 0 Å². The lowest BCUT2D eigenvalue weighted by Crippen LogP contribution is -2.08. The van der Waals surface area contributed by atoms with Crippen molar-refractivity contribution >= 4 is 15.9 Å². The first-order valence-electron chi connectivity index (χ1n) is 4.41. The van der Waals surface area contributed by atoms with Crippen molar-refractivity contribution in [3.05, 3.63) is 22.2 Å². The number of methoxy groups -OCH3 is 2. The Morgan fingerprint density at radius 2 is 1.93 bits per heavy atom. The third-order valence-corrected chi connectivity index (χ3v) is 2.79. The summed E-state index contributed by atoms with van der Waals surface area (Å²) in [5.41, 5.74) is 0.862. The van der Waals surface area contributed by atoms with Gasteiger partial charge in [-0.25, -0.2) is 5.90 Å². The molecule has 0 aliphatic heterocycles. The monoisotopic (exact) mass is 275 g/mol. The van der Waals surface area contributed by atoms with E-state index in [0.29, 0.717) is 11.5 Å². The minimum absolute atomic E-state index is 0.250. The van der Waals surface area contributed by atoms with Crippen LogP contribution in [0.2, 0.25) is 0 Å². The molecule has 4 nitrogen and oxygen atoms in total. The molecule has 0 aliphatic rings. The van der Waals surface area contributed by atoms with Gasteiger partial charge in [-0.05, 0) is 13.0 Å². The number of ether oxygens (including phenoxy) is 2. The molecule has 0 aliphatic carbocycles. The Labute approximate surface area is 97.4 Å². The Morgan fingerprint density at radius 3 is 2.40 bits per heavy atom. The smallest absolute Gasteiger partial charge is 0.129 e. The lowest BCUT2D eigenvalue weighted by molar-refractivity contribution is 0.0640. The van der Waals surface area contributed by atoms with Crippen LogP contribution >= 0.6 is 15.9 Å². The molecule has 0 fully saturated rings. The lowest BCUT2D eigenvalue weighted by Gasteiger charge is -2.16. The van der Waals surface area contributed by atoms with Gasteiger partial charge in [0.1, 0.15) is 17.6 Å². The van der Waals surface area contributed by atoms with Crippen LogP contribution in [0.1, 0.15) is 18.6 Å². The molecule has 1 aromatic rings. The Kier molecular flexibility index (Phi) is 4.38. The summed E-state index contributed by atoms with van der Waals surface area (Å²) < 4.78 is 11.2. The normalized spacial score (nSPS) is 12.3. The fraction of sp³-hybridized carbons (Fsp3) is 0.400. The molecule has 1 atom stereocenters. The van der Waals surface area contributed by atoms with E-state index < -0.39 is 0 Å². The average molecular weight is 276 g/mol. The summed E-state index contributed by atoms with van der Waals surface area (Å²) in [7, 11) is 3.19. The highest BCUT2D eigenvalue weighted by molar-refractivity contribution is 9.10. The van der Waals surface area contributed by atoms with Gasteiger partial charge in [0.2, 0.25) is 0 Å². The van der Waals surface area contributed by atoms with Crippen LogP contribution in [-0.2, 0) is 4.84 Å². The van der Waals surface area contributed by atoms with E-state index in [4.69, 9.17) is 20.2 Å². The molecule has 1 aromatic carbocycles. The number of hydrogen-bond acceptors (Lipinski definition) is 4. The van der Waals surface area contributed by atoms with Crippen LogP contribution in [0.25, 0.3) is 0 Å². The summed E-state index contributed by atoms with van der Waals surface area (Å²) in [6.07, 6.45) is -0.250. The molecule has 2 N–H and O–H groups in total. The van der Waals surface area contributed by atoms with Crippen LogP contribution in [0.4, 0.5) is 0 Å². The zero-order chi connectivity index (χ0) is 11.4. The van der Waals surface area contributed by atoms with Gasteiger partial charge in [-0.1, -0.05) is 15.9 Å². The van der Waals surface area contributed by atoms with Gasteiger partial charge in [0.05, 0.1) is 14.2 Å². The summed E-state index contributed by atoms with van der Waals surface area (Å²) in [5.74, 6) is 6.55. The molecule has 5 heteroatoms. The fourth-order valence-electron chi connectivity index (χ4n) is 1.32. The molecule has 0 heterocycles. The van der Waals surface area contributed by atoms with E-state index >= 15 is 0 Å². The summed E-state index contributed by atoms with van der Waals surface area (Å²) in [6, 6.07) is 3.63. The lowest BCUT2D eigenvalue weighted by atomic mass is 10.1. The largest absolute Gasteiger partial charge is 0.497 e. The quantitative estimate of drug-likeness (QED) is 0.858. The van der Waals surface area contributed by atoms with Gasteiger partial charge in [0.15, 0.2) is 0 Å². The first-order valence-corrected chi connectivity index (χ1v) is 5.20. The van der Waals surface area contributed by atoms with Crippen molar-refractivity contribution in [1.29, 1.82) is 0 Å². The number of nitrogens with two attached hydrogens (primary N) is 1. The Bertz CT molecular complexity index is 344. The van der Waals surface area contributed by atoms with E-state index in [1.165, 1.54) is 0 Å². The third-order valence-electron chi connectivity index (χ3n) is 2.13. The van der Waals surface area contributed by atoms with Crippen molar-refractivity contribution in [2.24, 2.45) is 5.90 Å². The van der Waals surface area contributed by atoms with E-state index in [1.54, 1.807) is 20.3 Å². The molecule has 0 bridgehead atoms. The van der Waals surface area contributed by atoms with Crippen molar-refractivity contribution in [3.8, 4) is 11.5 Å². The van der Waals surface area contributed by atoms with Gasteiger partial charge < -0.3 is 9.47 Å². The Hall–Kier alpha value is -0.780. The summed E-state index contributed by atoms with van der Waals surface area (Å²) in [4.78, 5) is 4.78. The van der Waals surface area contributed by atoms with Gasteiger partial charge >= 0.3 is 0 Å². The minimum Gasteiger partial charge on any atom is -0.497 e. The molecule has 1 rings (SSSR count). The molecular formula is C10H14BrNO3. The average Bonchev–Trinajstić information content (AvgIpc) is 2.26. The highest BCUT2D eigenvalue weighted by atomic mass is 79.9. The van der Waals surface area contributed by atoms with Gasteiger partial charge in [0, 0.05) is 16.1 Å². The van der Waals surface area contributed by atoms with E-state index in [9.17, 15) is 0 Å². The zero-order valence-corrected chi connectivity index (χ0v) is 10.5. The maximum atomic E-state index is 5.25. The van der Waals surface area contributed by atoms with Gasteiger partial charge in [-0.15, -0.1) is 0 Å². The first-order chi connectivity index (χ1) is 7.13. The molecule has 84 valence electrons. The topological polar surface area (TPSA) is 53.7 Å². The van der Waals surface area contributed by atoms with Gasteiger partial charge in [-0.3, -0.25) is 4.84 Å². The van der Waals surface area contributed by atoms with Crippen molar-refractivity contribution in [2.45, 2.75) is 13.0 Å². The zero-order valence-electron chi connectivity index (χ0n) is 8.91. The summed E-state index contributed by atoms with van der Waals surface area (Å²) in [5, 5.41) is 0. The van der Waals surface area contributed by atoms with E-state index in [2.05, 4.69) is 15.9 Å². The second kappa shape index (κ2) is 5.34. The molecule has 0 radical (unpaired) electrons. The van der Waals surface area contributed by atoms with Crippen LogP contribution in [0.15, 0.2) is 16.6 Å². The molecule has 1 unspecified atom stereocenters. The van der Waals surface area contributed by atoms with Crippen LogP contribution in [-0.4, -0.2) is 14.2 Å². The highest BCUT2D eigenvalue weighted by Gasteiger charge is 2.16. The SMILES string of the molecule is COc1cc(Br)c(C(C)ON)c(OC)c1. The molecule has 0 saturated heterocycles. The Balaban J connectivity index is 3.24. The van der Waals surface area contributed by atoms with Gasteiger partial charge in [-0.2, -0.15) is 0 Å². The first kappa shape index (κ1) is 12.3. The van der Waals surface area contributed by atoms with Crippen LogP contribution in [0.3, 0.4) is 0 Å². The standard InChI is InChI=1S/C10H14BrNO3/c1-6(15-12)10-8(11)4-7(13-2)5-9(10)14-3/h4-6H,12H2,1-3H3. The van der Waals surface area contributed by atoms with Gasteiger partial charge in [0.25, 0.3) is 0 Å². The third kappa shape index (κ3) is 2.62. The van der Waals surface area contributed by atoms with Crippen molar-refractivity contribution in [1.82, 2.24) is 0 Å². The maximum Gasteiger partial charge on any atom is 0.129 e. The molecule has 0 saturated carbocycles. The number of rotatable bonds is 4. The number of halogens is 1. The van der Waals surface area contributed by atoms with E-state index in [0.717, 1.165) is 10.0 Å². The van der Waals surface area contributed by atoms with E-state index in [-0.39, 0.29) is 6.10 Å². The van der Waals surface area contributed by atoms with Crippen molar-refractivity contribution < 1.29 is 14.3 Å². The maximum absolute atomic E-state index is 5.25. The van der Waals surface area contributed by atoms with Crippen LogP contribution in [0.5, 0.6) is 11.5 Å².